The summed E-state index contributed by atoms with van der Waals surface area (Å²) in [6.45, 7) is 4.41. The van der Waals surface area contributed by atoms with Crippen molar-refractivity contribution in [2.75, 3.05) is 12.3 Å². The maximum atomic E-state index is 11.9. The molecule has 4 nitrogen and oxygen atoms in total. The van der Waals surface area contributed by atoms with E-state index in [2.05, 4.69) is 11.6 Å². The van der Waals surface area contributed by atoms with Crippen molar-refractivity contribution in [1.29, 1.82) is 0 Å². The number of nitrogens with one attached hydrogen (secondary N) is 1. The van der Waals surface area contributed by atoms with Crippen LogP contribution in [0.3, 0.4) is 0 Å². The molecule has 5 heteroatoms. The van der Waals surface area contributed by atoms with Crippen LogP contribution in [0.25, 0.3) is 0 Å². The third kappa shape index (κ3) is 4.02. The number of hydrogen-bond acceptors (Lipinski definition) is 3. The van der Waals surface area contributed by atoms with Crippen molar-refractivity contribution in [3.8, 4) is 0 Å². The van der Waals surface area contributed by atoms with Gasteiger partial charge in [0.1, 0.15) is 4.90 Å². The Morgan fingerprint density at radius 2 is 2.00 bits per heavy atom. The molecule has 0 saturated carbocycles. The van der Waals surface area contributed by atoms with Crippen molar-refractivity contribution in [2.24, 2.45) is 0 Å². The summed E-state index contributed by atoms with van der Waals surface area (Å²) in [5.74, 6) is 0. The van der Waals surface area contributed by atoms with E-state index < -0.39 is 10.0 Å². The molecule has 0 aliphatic carbocycles. The molecule has 0 saturated heterocycles. The highest BCUT2D eigenvalue weighted by Crippen LogP contribution is 2.19. The Bertz CT molecular complexity index is 469. The van der Waals surface area contributed by atoms with E-state index in [-0.39, 0.29) is 4.90 Å². The minimum absolute atomic E-state index is 0.166. The van der Waals surface area contributed by atoms with Gasteiger partial charge in [0, 0.05) is 6.54 Å². The summed E-state index contributed by atoms with van der Waals surface area (Å²) in [5, 5.41) is 0. The number of sulfonamides is 1. The molecule has 96 valence electrons. The van der Waals surface area contributed by atoms with E-state index in [1.165, 1.54) is 0 Å². The minimum Gasteiger partial charge on any atom is -0.398 e. The average molecular weight is 256 g/mol. The summed E-state index contributed by atoms with van der Waals surface area (Å²) >= 11 is 0. The van der Waals surface area contributed by atoms with Crippen LogP contribution in [0.4, 0.5) is 5.69 Å². The van der Waals surface area contributed by atoms with E-state index >= 15 is 0 Å². The number of benzene rings is 1. The molecular weight excluding hydrogens is 236 g/mol. The SMILES string of the molecule is CCCCCNS(=O)(=O)c1ccc(C)cc1N. The number of unbranched alkanes of at least 4 members (excludes halogenated alkanes) is 2. The van der Waals surface area contributed by atoms with Gasteiger partial charge in [-0.05, 0) is 31.0 Å². The number of aryl methyl sites for hydroxylation is 1. The molecule has 0 radical (unpaired) electrons. The fourth-order valence-electron chi connectivity index (χ4n) is 1.57. The topological polar surface area (TPSA) is 72.2 Å². The van der Waals surface area contributed by atoms with Gasteiger partial charge in [-0.2, -0.15) is 0 Å². The molecule has 0 heterocycles. The molecule has 17 heavy (non-hydrogen) atoms. The largest absolute Gasteiger partial charge is 0.398 e. The van der Waals surface area contributed by atoms with Crippen LogP contribution in [0.1, 0.15) is 31.7 Å². The number of nitrogen functional groups attached to an aromatic ring is 1. The molecule has 0 fully saturated rings. The summed E-state index contributed by atoms with van der Waals surface area (Å²) in [6.07, 6.45) is 2.93. The van der Waals surface area contributed by atoms with Gasteiger partial charge in [-0.1, -0.05) is 25.8 Å². The molecule has 0 atom stereocenters. The summed E-state index contributed by atoms with van der Waals surface area (Å²) < 4.78 is 26.4. The van der Waals surface area contributed by atoms with E-state index in [1.807, 2.05) is 6.92 Å². The predicted molar refractivity (Wildman–Crippen MR) is 70.3 cm³/mol. The maximum absolute atomic E-state index is 11.9. The molecule has 0 unspecified atom stereocenters. The average Bonchev–Trinajstić information content (AvgIpc) is 2.24. The van der Waals surface area contributed by atoms with Crippen LogP contribution in [-0.2, 0) is 10.0 Å². The summed E-state index contributed by atoms with van der Waals surface area (Å²) in [7, 11) is -3.46. The molecule has 3 N–H and O–H groups in total. The van der Waals surface area contributed by atoms with E-state index in [0.717, 1.165) is 24.8 Å². The first-order valence-corrected chi connectivity index (χ1v) is 7.31. The van der Waals surface area contributed by atoms with Crippen LogP contribution in [-0.4, -0.2) is 15.0 Å². The van der Waals surface area contributed by atoms with Crippen LogP contribution in [0.15, 0.2) is 23.1 Å². The van der Waals surface area contributed by atoms with Gasteiger partial charge >= 0.3 is 0 Å². The lowest BCUT2D eigenvalue weighted by molar-refractivity contribution is 0.576. The van der Waals surface area contributed by atoms with Gasteiger partial charge in [0.2, 0.25) is 10.0 Å². The molecule has 0 aliphatic heterocycles. The molecule has 1 aromatic rings. The zero-order valence-electron chi connectivity index (χ0n) is 10.4. The van der Waals surface area contributed by atoms with Gasteiger partial charge in [-0.25, -0.2) is 13.1 Å². The van der Waals surface area contributed by atoms with Crippen molar-refractivity contribution in [2.45, 2.75) is 38.0 Å². The van der Waals surface area contributed by atoms with Crippen LogP contribution in [0.2, 0.25) is 0 Å². The predicted octanol–water partition coefficient (Wildman–Crippen LogP) is 2.05. The summed E-state index contributed by atoms with van der Waals surface area (Å²) in [5.41, 5.74) is 6.97. The quantitative estimate of drug-likeness (QED) is 0.604. The van der Waals surface area contributed by atoms with Crippen LogP contribution in [0, 0.1) is 6.92 Å². The standard InChI is InChI=1S/C12H20N2O2S/c1-3-4-5-8-14-17(15,16)12-7-6-10(2)9-11(12)13/h6-7,9,14H,3-5,8,13H2,1-2H3. The van der Waals surface area contributed by atoms with Crippen molar-refractivity contribution in [3.05, 3.63) is 23.8 Å². The minimum atomic E-state index is -3.46. The van der Waals surface area contributed by atoms with Gasteiger partial charge in [0.25, 0.3) is 0 Å². The monoisotopic (exact) mass is 256 g/mol. The highest BCUT2D eigenvalue weighted by molar-refractivity contribution is 7.89. The first-order chi connectivity index (χ1) is 7.97. The first-order valence-electron chi connectivity index (χ1n) is 5.83. The Morgan fingerprint density at radius 1 is 1.29 bits per heavy atom. The lowest BCUT2D eigenvalue weighted by atomic mass is 10.2. The lowest BCUT2D eigenvalue weighted by Crippen LogP contribution is -2.25. The van der Waals surface area contributed by atoms with Crippen LogP contribution in [0.5, 0.6) is 0 Å². The molecule has 0 aliphatic rings. The molecule has 0 amide bonds. The second-order valence-electron chi connectivity index (χ2n) is 4.15. The zero-order valence-corrected chi connectivity index (χ0v) is 11.2. The maximum Gasteiger partial charge on any atom is 0.242 e. The smallest absolute Gasteiger partial charge is 0.242 e. The third-order valence-electron chi connectivity index (χ3n) is 2.53. The Balaban J connectivity index is 2.76. The Labute approximate surface area is 103 Å². The Hall–Kier alpha value is -1.07. The van der Waals surface area contributed by atoms with Gasteiger partial charge in [-0.15, -0.1) is 0 Å². The number of nitrogens with two attached hydrogens (primary N) is 1. The van der Waals surface area contributed by atoms with Gasteiger partial charge < -0.3 is 5.73 Å². The Kier molecular flexibility index (Phi) is 4.96. The van der Waals surface area contributed by atoms with E-state index in [0.29, 0.717) is 12.2 Å². The highest BCUT2D eigenvalue weighted by Gasteiger charge is 2.16. The highest BCUT2D eigenvalue weighted by atomic mass is 32.2. The summed E-state index contributed by atoms with van der Waals surface area (Å²) in [6, 6.07) is 4.96. The normalized spacial score (nSPS) is 11.6. The van der Waals surface area contributed by atoms with E-state index in [1.54, 1.807) is 18.2 Å². The van der Waals surface area contributed by atoms with Gasteiger partial charge in [-0.3, -0.25) is 0 Å². The molecule has 0 spiro atoms. The van der Waals surface area contributed by atoms with Crippen molar-refractivity contribution >= 4 is 15.7 Å². The Morgan fingerprint density at radius 3 is 2.59 bits per heavy atom. The number of rotatable bonds is 6. The van der Waals surface area contributed by atoms with Gasteiger partial charge in [0.05, 0.1) is 5.69 Å². The fraction of sp³-hybridized carbons (Fsp3) is 0.500. The zero-order chi connectivity index (χ0) is 12.9. The molecule has 0 aromatic heterocycles. The first kappa shape index (κ1) is 14.0. The molecular formula is C12H20N2O2S. The van der Waals surface area contributed by atoms with Gasteiger partial charge in [0.15, 0.2) is 0 Å². The van der Waals surface area contributed by atoms with Crippen LogP contribution < -0.4 is 10.5 Å². The molecule has 0 bridgehead atoms. The molecule has 1 aromatic carbocycles. The molecule has 1 rings (SSSR count). The van der Waals surface area contributed by atoms with Crippen molar-refractivity contribution < 1.29 is 8.42 Å². The number of hydrogen-bond donors (Lipinski definition) is 2. The fourth-order valence-corrected chi connectivity index (χ4v) is 2.76. The number of anilines is 1. The second-order valence-corrected chi connectivity index (χ2v) is 5.88. The second kappa shape index (κ2) is 6.02. The van der Waals surface area contributed by atoms with Crippen molar-refractivity contribution in [1.82, 2.24) is 4.72 Å². The lowest BCUT2D eigenvalue weighted by Gasteiger charge is -2.09. The third-order valence-corrected chi connectivity index (χ3v) is 4.06. The van der Waals surface area contributed by atoms with E-state index in [9.17, 15) is 8.42 Å². The van der Waals surface area contributed by atoms with E-state index in [4.69, 9.17) is 5.73 Å². The van der Waals surface area contributed by atoms with Crippen LogP contribution >= 0.6 is 0 Å². The van der Waals surface area contributed by atoms with Crippen molar-refractivity contribution in [3.63, 3.8) is 0 Å². The summed E-state index contributed by atoms with van der Waals surface area (Å²) in [4.78, 5) is 0.166.